The van der Waals surface area contributed by atoms with E-state index in [9.17, 15) is 13.6 Å². The molecule has 32 heavy (non-hydrogen) atoms. The Morgan fingerprint density at radius 1 is 1.19 bits per heavy atom. The quantitative estimate of drug-likeness (QED) is 0.456. The lowest BCUT2D eigenvalue weighted by atomic mass is 9.88. The van der Waals surface area contributed by atoms with E-state index < -0.39 is 9.84 Å². The first-order valence-corrected chi connectivity index (χ1v) is 12.6. The molecule has 1 aliphatic carbocycles. The summed E-state index contributed by atoms with van der Waals surface area (Å²) >= 11 is 0. The van der Waals surface area contributed by atoms with E-state index in [-0.39, 0.29) is 21.0 Å². The monoisotopic (exact) mass is 458 g/mol. The van der Waals surface area contributed by atoms with E-state index in [0.29, 0.717) is 11.4 Å². The molecular weight excluding hydrogens is 426 g/mol. The van der Waals surface area contributed by atoms with Gasteiger partial charge in [0, 0.05) is 22.8 Å². The number of pyridine rings is 1. The molecule has 1 aromatic carbocycles. The van der Waals surface area contributed by atoms with Crippen molar-refractivity contribution in [2.45, 2.75) is 74.6 Å². The molecular formula is C24H32N3O4S+. The van der Waals surface area contributed by atoms with Gasteiger partial charge in [-0.05, 0) is 37.0 Å². The van der Waals surface area contributed by atoms with Gasteiger partial charge >= 0.3 is 0 Å². The maximum Gasteiger partial charge on any atom is 0.265 e. The van der Waals surface area contributed by atoms with Crippen molar-refractivity contribution in [1.82, 2.24) is 9.55 Å². The highest BCUT2D eigenvalue weighted by Gasteiger charge is 2.28. The molecule has 1 fully saturated rings. The summed E-state index contributed by atoms with van der Waals surface area (Å²) in [6.07, 6.45) is 8.82. The smallest absolute Gasteiger partial charge is 0.265 e. The van der Waals surface area contributed by atoms with Crippen molar-refractivity contribution in [1.29, 1.82) is 0 Å². The Morgan fingerprint density at radius 3 is 2.56 bits per heavy atom. The number of imidazole rings is 1. The van der Waals surface area contributed by atoms with Gasteiger partial charge in [0.1, 0.15) is 10.7 Å². The van der Waals surface area contributed by atoms with Gasteiger partial charge in [-0.1, -0.05) is 40.0 Å². The Bertz CT molecular complexity index is 1240. The molecule has 0 radical (unpaired) electrons. The molecule has 0 bridgehead atoms. The first-order valence-electron chi connectivity index (χ1n) is 11.2. The Labute approximate surface area is 189 Å². The van der Waals surface area contributed by atoms with Crippen LogP contribution < -0.4 is 9.47 Å². The van der Waals surface area contributed by atoms with Gasteiger partial charge in [0.15, 0.2) is 0 Å². The number of aromatic nitrogens is 3. The van der Waals surface area contributed by atoms with Crippen LogP contribution in [0.5, 0.6) is 5.75 Å². The van der Waals surface area contributed by atoms with Gasteiger partial charge in [0.2, 0.25) is 21.8 Å². The average Bonchev–Trinajstić information content (AvgIpc) is 3.12. The topological polar surface area (TPSA) is 85.3 Å². The number of benzene rings is 1. The van der Waals surface area contributed by atoms with E-state index in [1.54, 1.807) is 12.1 Å². The molecule has 8 heteroatoms. The number of hydrogen-bond acceptors (Lipinski definition) is 5. The average molecular weight is 459 g/mol. The molecule has 0 aliphatic heterocycles. The zero-order valence-corrected chi connectivity index (χ0v) is 20.0. The summed E-state index contributed by atoms with van der Waals surface area (Å²) in [4.78, 5) is 5.05. The minimum atomic E-state index is -3.85. The standard InChI is InChI=1S/C24H32N3O4S/c1-24(2,3)23-25-19-14-18(32(29,30)22-12-13-26(28)16-21(22)31-4)10-11-20(19)27(23)15-17-8-6-5-7-9-17/h10-14,16-17,28H,5-9,15H2,1-4H3/q+1. The first kappa shape index (κ1) is 22.6. The van der Waals surface area contributed by atoms with Gasteiger partial charge in [0.25, 0.3) is 6.20 Å². The molecule has 3 aromatic rings. The normalized spacial score (nSPS) is 15.9. The fourth-order valence-corrected chi connectivity index (χ4v) is 6.03. The number of ether oxygens (including phenoxy) is 1. The van der Waals surface area contributed by atoms with E-state index in [2.05, 4.69) is 25.3 Å². The fourth-order valence-electron chi connectivity index (χ4n) is 4.62. The SMILES string of the molecule is COc1c[n+](O)ccc1S(=O)(=O)c1ccc2c(c1)nc(C(C)(C)C)n2CC1CCCCC1. The third-order valence-electron chi connectivity index (χ3n) is 6.25. The maximum atomic E-state index is 13.4. The van der Waals surface area contributed by atoms with Crippen molar-refractivity contribution in [3.8, 4) is 5.75 Å². The van der Waals surface area contributed by atoms with Gasteiger partial charge in [-0.25, -0.2) is 13.4 Å². The molecule has 0 unspecified atom stereocenters. The lowest BCUT2D eigenvalue weighted by Crippen LogP contribution is -2.29. The molecule has 7 nitrogen and oxygen atoms in total. The van der Waals surface area contributed by atoms with Crippen LogP contribution in [0.1, 0.15) is 58.7 Å². The highest BCUT2D eigenvalue weighted by atomic mass is 32.2. The molecule has 2 heterocycles. The van der Waals surface area contributed by atoms with Crippen molar-refractivity contribution in [3.63, 3.8) is 0 Å². The number of hydrogen-bond donors (Lipinski definition) is 1. The number of nitrogens with zero attached hydrogens (tertiary/aromatic N) is 3. The summed E-state index contributed by atoms with van der Waals surface area (Å²) in [5.41, 5.74) is 1.48. The molecule has 4 rings (SSSR count). The highest BCUT2D eigenvalue weighted by molar-refractivity contribution is 7.91. The van der Waals surface area contributed by atoms with Crippen LogP contribution in [0.15, 0.2) is 46.5 Å². The van der Waals surface area contributed by atoms with E-state index in [0.717, 1.165) is 22.6 Å². The predicted molar refractivity (Wildman–Crippen MR) is 121 cm³/mol. The summed E-state index contributed by atoms with van der Waals surface area (Å²) in [6.45, 7) is 7.34. The molecule has 172 valence electrons. The van der Waals surface area contributed by atoms with Crippen LogP contribution in [0, 0.1) is 5.92 Å². The minimum Gasteiger partial charge on any atom is -0.490 e. The zero-order chi connectivity index (χ0) is 23.1. The summed E-state index contributed by atoms with van der Waals surface area (Å²) in [7, 11) is -2.48. The number of fused-ring (bicyclic) bond motifs is 1. The van der Waals surface area contributed by atoms with Crippen LogP contribution in [0.25, 0.3) is 11.0 Å². The Balaban J connectivity index is 1.81. The highest BCUT2D eigenvalue weighted by Crippen LogP contribution is 2.34. The Kier molecular flexibility index (Phi) is 5.92. The lowest BCUT2D eigenvalue weighted by Gasteiger charge is -2.26. The Hall–Kier alpha value is -2.61. The third-order valence-corrected chi connectivity index (χ3v) is 8.04. The lowest BCUT2D eigenvalue weighted by molar-refractivity contribution is -0.905. The minimum absolute atomic E-state index is 0.00216. The van der Waals surface area contributed by atoms with Crippen LogP contribution in [0.4, 0.5) is 0 Å². The second kappa shape index (κ2) is 8.39. The molecule has 1 saturated carbocycles. The van der Waals surface area contributed by atoms with Gasteiger partial charge in [-0.3, -0.25) is 5.21 Å². The van der Waals surface area contributed by atoms with E-state index in [4.69, 9.17) is 9.72 Å². The van der Waals surface area contributed by atoms with Crippen LogP contribution in [-0.2, 0) is 21.8 Å². The zero-order valence-electron chi connectivity index (χ0n) is 19.2. The van der Waals surface area contributed by atoms with Gasteiger partial charge < -0.3 is 9.30 Å². The number of rotatable bonds is 5. The van der Waals surface area contributed by atoms with Gasteiger partial charge in [0.05, 0.1) is 23.0 Å². The third kappa shape index (κ3) is 4.20. The summed E-state index contributed by atoms with van der Waals surface area (Å²) in [5.74, 6) is 1.68. The van der Waals surface area contributed by atoms with Crippen LogP contribution in [0.2, 0.25) is 0 Å². The molecule has 0 atom stereocenters. The van der Waals surface area contributed by atoms with E-state index >= 15 is 0 Å². The maximum absolute atomic E-state index is 13.4. The van der Waals surface area contributed by atoms with Crippen molar-refractivity contribution in [3.05, 3.63) is 42.5 Å². The summed E-state index contributed by atoms with van der Waals surface area (Å²) in [6, 6.07) is 6.49. The van der Waals surface area contributed by atoms with Gasteiger partial charge in [-0.15, -0.1) is 0 Å². The second-order valence-electron chi connectivity index (χ2n) is 9.71. The van der Waals surface area contributed by atoms with Crippen LogP contribution in [0.3, 0.4) is 0 Å². The van der Waals surface area contributed by atoms with E-state index in [1.165, 1.54) is 57.7 Å². The largest absolute Gasteiger partial charge is 0.490 e. The molecule has 0 saturated heterocycles. The molecule has 1 N–H and O–H groups in total. The van der Waals surface area contributed by atoms with E-state index in [1.807, 2.05) is 6.07 Å². The number of methoxy groups -OCH3 is 1. The fraction of sp³-hybridized carbons (Fsp3) is 0.500. The van der Waals surface area contributed by atoms with Crippen molar-refractivity contribution in [2.24, 2.45) is 5.92 Å². The summed E-state index contributed by atoms with van der Waals surface area (Å²) in [5, 5.41) is 9.62. The molecule has 2 aromatic heterocycles. The predicted octanol–water partition coefficient (Wildman–Crippen LogP) is 4.28. The molecule has 0 spiro atoms. The van der Waals surface area contributed by atoms with Crippen molar-refractivity contribution in [2.75, 3.05) is 7.11 Å². The van der Waals surface area contributed by atoms with Crippen molar-refractivity contribution >= 4 is 20.9 Å². The first-order chi connectivity index (χ1) is 15.1. The second-order valence-corrected chi connectivity index (χ2v) is 11.6. The molecule has 1 aliphatic rings. The summed E-state index contributed by atoms with van der Waals surface area (Å²) < 4.78 is 35.0. The van der Waals surface area contributed by atoms with Crippen LogP contribution >= 0.6 is 0 Å². The van der Waals surface area contributed by atoms with Crippen molar-refractivity contribution < 1.29 is 23.1 Å². The molecule has 0 amide bonds. The van der Waals surface area contributed by atoms with Crippen LogP contribution in [-0.4, -0.2) is 30.3 Å². The number of sulfone groups is 1. The Morgan fingerprint density at radius 2 is 1.91 bits per heavy atom. The van der Waals surface area contributed by atoms with Gasteiger partial charge in [-0.2, -0.15) is 0 Å².